The Morgan fingerprint density at radius 1 is 0.735 bits per heavy atom. The van der Waals surface area contributed by atoms with Gasteiger partial charge in [-0.1, -0.05) is 61.2 Å². The van der Waals surface area contributed by atoms with Crippen molar-refractivity contribution in [3.8, 4) is 33.8 Å². The molecule has 0 spiro atoms. The fourth-order valence-electron chi connectivity index (χ4n) is 5.95. The molecule has 0 saturated carbocycles. The molecule has 6 heteroatoms. The fourth-order valence-corrected chi connectivity index (χ4v) is 9.29. The summed E-state index contributed by atoms with van der Waals surface area (Å²) >= 11 is -1.86. The van der Waals surface area contributed by atoms with E-state index in [1.165, 1.54) is 11.1 Å². The molecule has 7 aromatic rings. The topological polar surface area (TPSA) is 51.8 Å². The molecule has 7 rings (SSSR count). The molecule has 1 radical (unpaired) electrons. The van der Waals surface area contributed by atoms with Gasteiger partial charge in [0.25, 0.3) is 0 Å². The van der Waals surface area contributed by atoms with Crippen LogP contribution in [0.4, 0.5) is 0 Å². The summed E-state index contributed by atoms with van der Waals surface area (Å²) in [6.45, 7) is 8.94. The van der Waals surface area contributed by atoms with Crippen LogP contribution in [0.2, 0.25) is 17.3 Å². The first-order chi connectivity index (χ1) is 23.1. The van der Waals surface area contributed by atoms with Gasteiger partial charge in [0.15, 0.2) is 0 Å². The standard InChI is InChI=1S/C25H19N2O.C18H24GeN.Ir/c1-16(2)18-12-13-26-23(15-18)19-8-11-24-21(14-19)20-9-10-22(27-25(20)28-24)17-6-4-3-5-7-17;1-14(2)11-16-12-18(15-9-7-6-8-10-15)20-13-17(16)19(3,4)5;/h3-7,9-16H,1-2H3;6-9,12-14H,11H2,1-5H3;/q2*-1;. The van der Waals surface area contributed by atoms with E-state index in [4.69, 9.17) is 14.4 Å². The summed E-state index contributed by atoms with van der Waals surface area (Å²) in [7, 11) is 0. The molecule has 4 nitrogen and oxygen atoms in total. The minimum Gasteiger partial charge on any atom is -0.486 e. The summed E-state index contributed by atoms with van der Waals surface area (Å²) in [6, 6.07) is 39.4. The van der Waals surface area contributed by atoms with E-state index < -0.39 is 13.3 Å². The van der Waals surface area contributed by atoms with Gasteiger partial charge in [0.1, 0.15) is 0 Å². The number of hydrogen-bond donors (Lipinski definition) is 0. The molecule has 0 aliphatic rings. The average molecular weight is 883 g/mol. The van der Waals surface area contributed by atoms with Crippen LogP contribution < -0.4 is 4.40 Å². The predicted octanol–water partition coefficient (Wildman–Crippen LogP) is 10.9. The zero-order valence-corrected chi connectivity index (χ0v) is 33.8. The van der Waals surface area contributed by atoms with E-state index in [1.54, 1.807) is 4.40 Å². The van der Waals surface area contributed by atoms with Gasteiger partial charge in [0.2, 0.25) is 5.71 Å². The first-order valence-electron chi connectivity index (χ1n) is 16.8. The molecule has 0 aliphatic carbocycles. The number of hydrogen-bond acceptors (Lipinski definition) is 4. The van der Waals surface area contributed by atoms with Crippen LogP contribution in [0.1, 0.15) is 44.7 Å². The summed E-state index contributed by atoms with van der Waals surface area (Å²) in [4.78, 5) is 14.0. The molecule has 4 aromatic heterocycles. The van der Waals surface area contributed by atoms with Crippen LogP contribution in [-0.4, -0.2) is 28.2 Å². The van der Waals surface area contributed by atoms with Crippen LogP contribution in [-0.2, 0) is 26.5 Å². The second-order valence-corrected chi connectivity index (χ2v) is 24.7. The summed E-state index contributed by atoms with van der Waals surface area (Å²) in [5.74, 6) is 8.45. The number of rotatable bonds is 7. The first-order valence-corrected chi connectivity index (χ1v) is 24.1. The van der Waals surface area contributed by atoms with Crippen LogP contribution in [0.3, 0.4) is 0 Å². The molecule has 0 unspecified atom stereocenters. The van der Waals surface area contributed by atoms with Gasteiger partial charge in [0.05, 0.1) is 11.3 Å². The van der Waals surface area contributed by atoms with Gasteiger partial charge in [-0.25, -0.2) is 4.98 Å². The summed E-state index contributed by atoms with van der Waals surface area (Å²) in [5, 5.41) is 2.04. The molecule has 49 heavy (non-hydrogen) atoms. The normalized spacial score (nSPS) is 11.4. The first kappa shape index (κ1) is 36.4. The van der Waals surface area contributed by atoms with Crippen LogP contribution >= 0.6 is 0 Å². The number of aromatic nitrogens is 3. The Hall–Kier alpha value is -3.90. The van der Waals surface area contributed by atoms with Gasteiger partial charge >= 0.3 is 126 Å². The molecule has 0 fully saturated rings. The van der Waals surface area contributed by atoms with Crippen LogP contribution in [0.15, 0.2) is 114 Å². The largest absolute Gasteiger partial charge is 0.486 e. The maximum Gasteiger partial charge on any atom is 0.216 e. The zero-order valence-electron chi connectivity index (χ0n) is 29.3. The SMILES string of the molecule is CC(C)Cc1cc(-c2[c-]cccc2)nc[c]1[Ge]([CH3])([CH3])[CH3].CC(C)c1ccnc(-c2[c-]cc3oc4nc(-c5ccccc5)ccc4c3c2)c1.[Ir]. The Bertz CT molecular complexity index is 2150. The van der Waals surface area contributed by atoms with Crippen molar-refractivity contribution in [2.45, 2.75) is 57.3 Å². The predicted molar refractivity (Wildman–Crippen MR) is 203 cm³/mol. The smallest absolute Gasteiger partial charge is 0.216 e. The zero-order chi connectivity index (χ0) is 33.8. The monoisotopic (exact) mass is 884 g/mol. The van der Waals surface area contributed by atoms with Gasteiger partial charge in [0, 0.05) is 37.3 Å². The third kappa shape index (κ3) is 8.64. The third-order valence-electron chi connectivity index (χ3n) is 8.48. The molecule has 0 saturated heterocycles. The molecule has 0 amide bonds. The Morgan fingerprint density at radius 2 is 1.49 bits per heavy atom. The molecule has 0 N–H and O–H groups in total. The summed E-state index contributed by atoms with van der Waals surface area (Å²) < 4.78 is 7.54. The maximum absolute atomic E-state index is 6.00. The van der Waals surface area contributed by atoms with E-state index >= 15 is 0 Å². The van der Waals surface area contributed by atoms with Gasteiger partial charge in [-0.3, -0.25) is 0 Å². The number of pyridine rings is 3. The van der Waals surface area contributed by atoms with Crippen molar-refractivity contribution in [1.29, 1.82) is 0 Å². The van der Waals surface area contributed by atoms with E-state index in [0.717, 1.165) is 56.5 Å². The van der Waals surface area contributed by atoms with Gasteiger partial charge in [-0.15, -0.1) is 23.8 Å². The third-order valence-corrected chi connectivity index (χ3v) is 12.8. The van der Waals surface area contributed by atoms with Crippen molar-refractivity contribution in [2.75, 3.05) is 0 Å². The van der Waals surface area contributed by atoms with Crippen molar-refractivity contribution < 1.29 is 24.5 Å². The maximum atomic E-state index is 6.00. The van der Waals surface area contributed by atoms with Crippen molar-refractivity contribution in [1.82, 2.24) is 15.0 Å². The summed E-state index contributed by atoms with van der Waals surface area (Å²) in [6.07, 6.45) is 5.14. The Balaban J connectivity index is 0.000000199. The number of benzene rings is 3. The van der Waals surface area contributed by atoms with Gasteiger partial charge < -0.3 is 9.40 Å². The Kier molecular flexibility index (Phi) is 11.7. The van der Waals surface area contributed by atoms with Crippen molar-refractivity contribution in [3.63, 3.8) is 0 Å². The van der Waals surface area contributed by atoms with Crippen molar-refractivity contribution in [3.05, 3.63) is 133 Å². The Labute approximate surface area is 307 Å². The quantitative estimate of drug-likeness (QED) is 0.118. The molecule has 251 valence electrons. The average Bonchev–Trinajstić information content (AvgIpc) is 3.46. The van der Waals surface area contributed by atoms with E-state index in [2.05, 4.69) is 117 Å². The van der Waals surface area contributed by atoms with E-state index in [-0.39, 0.29) is 20.1 Å². The van der Waals surface area contributed by atoms with E-state index in [1.807, 2.05) is 54.7 Å². The molecule has 0 atom stereocenters. The Morgan fingerprint density at radius 3 is 2.18 bits per heavy atom. The van der Waals surface area contributed by atoms with Crippen molar-refractivity contribution in [2.24, 2.45) is 5.92 Å². The molecule has 4 heterocycles. The fraction of sp³-hybridized carbons (Fsp3) is 0.233. The minimum absolute atomic E-state index is 0. The molecule has 3 aromatic carbocycles. The van der Waals surface area contributed by atoms with Gasteiger partial charge in [-0.2, -0.15) is 0 Å². The van der Waals surface area contributed by atoms with Gasteiger partial charge in [-0.05, 0) is 29.8 Å². The van der Waals surface area contributed by atoms with Crippen LogP contribution in [0, 0.1) is 18.1 Å². The molecule has 0 bridgehead atoms. The van der Waals surface area contributed by atoms with E-state index in [9.17, 15) is 0 Å². The number of nitrogens with zero attached hydrogens (tertiary/aromatic N) is 3. The number of furan rings is 1. The van der Waals surface area contributed by atoms with Crippen molar-refractivity contribution >= 4 is 39.7 Å². The van der Waals surface area contributed by atoms with Crippen LogP contribution in [0.25, 0.3) is 55.8 Å². The second-order valence-electron chi connectivity index (χ2n) is 14.1. The molecular weight excluding hydrogens is 839 g/mol. The van der Waals surface area contributed by atoms with E-state index in [0.29, 0.717) is 17.5 Å². The molecule has 0 aliphatic heterocycles. The minimum atomic E-state index is -1.86. The second kappa shape index (κ2) is 15.8. The summed E-state index contributed by atoms with van der Waals surface area (Å²) in [5.41, 5.74) is 10.2. The number of fused-ring (bicyclic) bond motifs is 3. The van der Waals surface area contributed by atoms with Crippen LogP contribution in [0.5, 0.6) is 0 Å². The molecular formula is C43H43GeIrN3O-2.